The van der Waals surface area contributed by atoms with Gasteiger partial charge in [-0.15, -0.1) is 0 Å². The number of nitrogens with zero attached hydrogens (tertiary/aromatic N) is 2. The molecular formula is C17H26ClN5O5S. The number of alkyl carbamates (subject to hydrolysis) is 1. The van der Waals surface area contributed by atoms with Crippen LogP contribution in [0.4, 0.5) is 10.5 Å². The maximum atomic E-state index is 12.3. The number of carbonyl (C=O) groups is 1. The molecule has 0 unspecified atom stereocenters. The van der Waals surface area contributed by atoms with Crippen LogP contribution in [-0.4, -0.2) is 61.7 Å². The summed E-state index contributed by atoms with van der Waals surface area (Å²) < 4.78 is 31.2. The number of hydrogen-bond acceptors (Lipinski definition) is 7. The van der Waals surface area contributed by atoms with Crippen LogP contribution in [0.1, 0.15) is 39.0 Å². The van der Waals surface area contributed by atoms with Gasteiger partial charge in [0, 0.05) is 24.5 Å². The average molecular weight is 448 g/mol. The number of halogens is 1. The Kier molecular flexibility index (Phi) is 6.39. The second kappa shape index (κ2) is 8.49. The minimum absolute atomic E-state index is 0.0548. The lowest BCUT2D eigenvalue weighted by Crippen LogP contribution is -2.51. The molecule has 3 rings (SSSR count). The fourth-order valence-electron chi connectivity index (χ4n) is 3.94. The Labute approximate surface area is 174 Å². The number of nitrogens with one attached hydrogen (secondary N) is 3. The number of carbonyl (C=O) groups excluding carboxylic acids is 1. The number of hydrogen-bond donors (Lipinski definition) is 3. The number of amides is 1. The van der Waals surface area contributed by atoms with Crippen LogP contribution in [0.25, 0.3) is 0 Å². The summed E-state index contributed by atoms with van der Waals surface area (Å²) >= 11 is 6.03. The molecule has 12 heteroatoms. The Hall–Kier alpha value is -1.85. The molecule has 1 aromatic rings. The minimum Gasteiger partial charge on any atom is -0.444 e. The van der Waals surface area contributed by atoms with E-state index in [0.717, 1.165) is 6.26 Å². The molecule has 1 aromatic heterocycles. The molecule has 2 aliphatic rings. The van der Waals surface area contributed by atoms with Crippen molar-refractivity contribution >= 4 is 33.4 Å². The van der Waals surface area contributed by atoms with E-state index < -0.39 is 27.2 Å². The van der Waals surface area contributed by atoms with Crippen LogP contribution in [0.15, 0.2) is 11.0 Å². The second-order valence-electron chi connectivity index (χ2n) is 8.01. The number of H-pyrrole nitrogens is 1. The van der Waals surface area contributed by atoms with Gasteiger partial charge in [-0.05, 0) is 32.6 Å². The van der Waals surface area contributed by atoms with E-state index in [9.17, 15) is 18.0 Å². The summed E-state index contributed by atoms with van der Waals surface area (Å²) in [7, 11) is -3.27. The van der Waals surface area contributed by atoms with Crippen molar-refractivity contribution in [3.63, 3.8) is 0 Å². The molecule has 10 nitrogen and oxygen atoms in total. The van der Waals surface area contributed by atoms with E-state index in [1.165, 1.54) is 6.20 Å². The Bertz CT molecular complexity index is 913. The summed E-state index contributed by atoms with van der Waals surface area (Å²) in [6, 6.07) is -0.0548. The van der Waals surface area contributed by atoms with Crippen molar-refractivity contribution in [2.24, 2.45) is 0 Å². The fourth-order valence-corrected chi connectivity index (χ4v) is 5.25. The van der Waals surface area contributed by atoms with E-state index in [-0.39, 0.29) is 17.2 Å². The summed E-state index contributed by atoms with van der Waals surface area (Å²) in [5.41, 5.74) is -0.421. The van der Waals surface area contributed by atoms with E-state index in [4.69, 9.17) is 16.3 Å². The Morgan fingerprint density at radius 2 is 2.07 bits per heavy atom. The highest BCUT2D eigenvalue weighted by Gasteiger charge is 2.34. The summed E-state index contributed by atoms with van der Waals surface area (Å²) in [6.07, 6.45) is 5.06. The van der Waals surface area contributed by atoms with Gasteiger partial charge < -0.3 is 15.0 Å². The number of anilines is 1. The lowest BCUT2D eigenvalue weighted by molar-refractivity contribution is 0.101. The number of sulfonamides is 1. The third-order valence-electron chi connectivity index (χ3n) is 5.38. The summed E-state index contributed by atoms with van der Waals surface area (Å²) in [5, 5.41) is 8.97. The maximum Gasteiger partial charge on any atom is 0.407 e. The Balaban J connectivity index is 1.46. The number of aromatic nitrogens is 2. The molecule has 1 aliphatic heterocycles. The first-order chi connectivity index (χ1) is 13.5. The number of rotatable bonds is 5. The molecule has 29 heavy (non-hydrogen) atoms. The zero-order valence-corrected chi connectivity index (χ0v) is 18.0. The van der Waals surface area contributed by atoms with Crippen molar-refractivity contribution in [2.75, 3.05) is 24.2 Å². The zero-order chi connectivity index (χ0) is 21.2. The van der Waals surface area contributed by atoms with E-state index in [0.29, 0.717) is 50.9 Å². The van der Waals surface area contributed by atoms with Crippen LogP contribution in [-0.2, 0) is 14.8 Å². The molecule has 1 saturated carbocycles. The lowest BCUT2D eigenvalue weighted by Gasteiger charge is -2.37. The first-order valence-corrected chi connectivity index (χ1v) is 11.8. The Morgan fingerprint density at radius 3 is 2.72 bits per heavy atom. The van der Waals surface area contributed by atoms with Crippen LogP contribution in [0.2, 0.25) is 5.02 Å². The normalized spacial score (nSPS) is 27.6. The molecule has 0 radical (unpaired) electrons. The number of ether oxygens (including phenoxy) is 1. The van der Waals surface area contributed by atoms with Gasteiger partial charge in [0.1, 0.15) is 11.1 Å². The molecule has 1 aliphatic carbocycles. The predicted octanol–water partition coefficient (Wildman–Crippen LogP) is 0.979. The van der Waals surface area contributed by atoms with Crippen molar-refractivity contribution in [1.29, 1.82) is 0 Å². The van der Waals surface area contributed by atoms with Gasteiger partial charge in [0.15, 0.2) is 0 Å². The summed E-state index contributed by atoms with van der Waals surface area (Å²) in [4.78, 5) is 25.7. The molecule has 0 aromatic carbocycles. The van der Waals surface area contributed by atoms with Crippen LogP contribution in [0.5, 0.6) is 0 Å². The van der Waals surface area contributed by atoms with Gasteiger partial charge in [0.25, 0.3) is 5.56 Å². The lowest BCUT2D eigenvalue weighted by atomic mass is 9.82. The highest BCUT2D eigenvalue weighted by Crippen LogP contribution is 2.29. The van der Waals surface area contributed by atoms with Crippen LogP contribution >= 0.6 is 11.6 Å². The van der Waals surface area contributed by atoms with Gasteiger partial charge in [0.2, 0.25) is 10.0 Å². The monoisotopic (exact) mass is 447 g/mol. The minimum atomic E-state index is -3.27. The Morgan fingerprint density at radius 1 is 1.38 bits per heavy atom. The average Bonchev–Trinajstić information content (AvgIpc) is 3.06. The predicted molar refractivity (Wildman–Crippen MR) is 109 cm³/mol. The highest BCUT2D eigenvalue weighted by atomic mass is 35.5. The van der Waals surface area contributed by atoms with E-state index in [1.807, 2.05) is 11.8 Å². The van der Waals surface area contributed by atoms with E-state index >= 15 is 0 Å². The first-order valence-electron chi connectivity index (χ1n) is 9.49. The fraction of sp³-hybridized carbons (Fsp3) is 0.706. The molecule has 2 fully saturated rings. The van der Waals surface area contributed by atoms with Crippen LogP contribution < -0.4 is 20.5 Å². The zero-order valence-electron chi connectivity index (χ0n) is 16.4. The summed E-state index contributed by atoms with van der Waals surface area (Å²) in [5.74, 6) is 0. The second-order valence-corrected chi connectivity index (χ2v) is 10.1. The smallest absolute Gasteiger partial charge is 0.407 e. The highest BCUT2D eigenvalue weighted by molar-refractivity contribution is 7.88. The number of aromatic amines is 1. The summed E-state index contributed by atoms with van der Waals surface area (Å²) in [6.45, 7) is 2.91. The molecule has 162 valence electrons. The van der Waals surface area contributed by atoms with Crippen molar-refractivity contribution in [1.82, 2.24) is 20.2 Å². The topological polar surface area (TPSA) is 133 Å². The van der Waals surface area contributed by atoms with Crippen molar-refractivity contribution in [3.8, 4) is 0 Å². The van der Waals surface area contributed by atoms with E-state index in [1.54, 1.807) is 0 Å². The molecule has 0 bridgehead atoms. The third-order valence-corrected chi connectivity index (χ3v) is 6.61. The van der Waals surface area contributed by atoms with Gasteiger partial charge in [-0.25, -0.2) is 23.0 Å². The first kappa shape index (κ1) is 21.8. The molecule has 2 heterocycles. The van der Waals surface area contributed by atoms with Crippen LogP contribution in [0, 0.1) is 0 Å². The van der Waals surface area contributed by atoms with Gasteiger partial charge >= 0.3 is 6.09 Å². The van der Waals surface area contributed by atoms with Gasteiger partial charge in [-0.3, -0.25) is 4.79 Å². The van der Waals surface area contributed by atoms with Gasteiger partial charge in [-0.2, -0.15) is 5.10 Å². The standard InChI is InChI=1S/C17H26ClN5O5S/c1-17(22-29(2,26)27)6-3-11(4-7-17)20-16(25)28-12-5-8-23(10-12)13-9-19-21-15(24)14(13)18/h9,11-12,22H,3-8,10H2,1-2H3,(H,20,25)(H,21,24)/t11?,12-,17?/m1/s1. The maximum absolute atomic E-state index is 12.3. The molecule has 3 N–H and O–H groups in total. The molecule has 0 spiro atoms. The van der Waals surface area contributed by atoms with Crippen molar-refractivity contribution < 1.29 is 17.9 Å². The van der Waals surface area contributed by atoms with E-state index in [2.05, 4.69) is 20.2 Å². The molecule has 1 amide bonds. The SMILES string of the molecule is CC1(NS(C)(=O)=O)CCC(NC(=O)O[C@@H]2CCN(c3cn[nH]c(=O)c3Cl)C2)CC1. The van der Waals surface area contributed by atoms with Gasteiger partial charge in [0.05, 0.1) is 24.7 Å². The van der Waals surface area contributed by atoms with Crippen LogP contribution in [0.3, 0.4) is 0 Å². The third kappa shape index (κ3) is 5.83. The molecule has 1 atom stereocenters. The van der Waals surface area contributed by atoms with Crippen molar-refractivity contribution in [3.05, 3.63) is 21.6 Å². The molecule has 1 saturated heterocycles. The molecular weight excluding hydrogens is 422 g/mol. The van der Waals surface area contributed by atoms with Gasteiger partial charge in [-0.1, -0.05) is 11.6 Å². The quantitative estimate of drug-likeness (QED) is 0.612. The van der Waals surface area contributed by atoms with Crippen molar-refractivity contribution in [2.45, 2.75) is 56.7 Å². The largest absolute Gasteiger partial charge is 0.444 e.